The molecular formula is C17H23ClN4O2S. The second kappa shape index (κ2) is 9.79. The number of esters is 1. The van der Waals surface area contributed by atoms with Crippen molar-refractivity contribution < 1.29 is 9.53 Å². The first kappa shape index (κ1) is 19.8. The summed E-state index contributed by atoms with van der Waals surface area (Å²) in [4.78, 5) is 14.9. The number of thioether (sulfide) groups is 1. The van der Waals surface area contributed by atoms with Gasteiger partial charge in [-0.25, -0.2) is 4.68 Å². The quantitative estimate of drug-likeness (QED) is 0.531. The van der Waals surface area contributed by atoms with E-state index in [1.807, 2.05) is 18.3 Å². The lowest BCUT2D eigenvalue weighted by Gasteiger charge is -2.22. The highest BCUT2D eigenvalue weighted by Crippen LogP contribution is 2.37. The Labute approximate surface area is 157 Å². The van der Waals surface area contributed by atoms with Crippen molar-refractivity contribution in [2.45, 2.75) is 19.1 Å². The maximum absolute atomic E-state index is 10.8. The van der Waals surface area contributed by atoms with E-state index in [9.17, 15) is 4.79 Å². The summed E-state index contributed by atoms with van der Waals surface area (Å²) in [7, 11) is 0. The highest BCUT2D eigenvalue weighted by atomic mass is 35.5. The van der Waals surface area contributed by atoms with E-state index in [4.69, 9.17) is 16.3 Å². The summed E-state index contributed by atoms with van der Waals surface area (Å²) < 4.78 is 6.68. The average molecular weight is 383 g/mol. The second-order valence-electron chi connectivity index (χ2n) is 5.71. The lowest BCUT2D eigenvalue weighted by atomic mass is 10.0. The average Bonchev–Trinajstić information content (AvgIpc) is 2.97. The zero-order valence-corrected chi connectivity index (χ0v) is 16.2. The Kier molecular flexibility index (Phi) is 7.74. The van der Waals surface area contributed by atoms with Crippen LogP contribution in [0.5, 0.6) is 0 Å². The van der Waals surface area contributed by atoms with Crippen LogP contribution in [0.15, 0.2) is 30.7 Å². The van der Waals surface area contributed by atoms with Gasteiger partial charge in [-0.05, 0) is 30.9 Å². The molecule has 0 saturated carbocycles. The van der Waals surface area contributed by atoms with Crippen LogP contribution in [-0.4, -0.2) is 46.7 Å². The van der Waals surface area contributed by atoms with Crippen molar-refractivity contribution in [2.24, 2.45) is 5.92 Å². The lowest BCUT2D eigenvalue weighted by Crippen LogP contribution is -2.28. The number of rotatable bonds is 9. The number of pyridine rings is 1. The summed E-state index contributed by atoms with van der Waals surface area (Å²) in [5, 5.41) is 8.44. The molecule has 0 fully saturated rings. The summed E-state index contributed by atoms with van der Waals surface area (Å²) in [6.45, 7) is 5.38. The topological polar surface area (TPSA) is 69.0 Å². The number of carbonyl (C=O) groups is 1. The van der Waals surface area contributed by atoms with Gasteiger partial charge in [0.05, 0.1) is 11.9 Å². The molecule has 6 nitrogen and oxygen atoms in total. The second-order valence-corrected chi connectivity index (χ2v) is 7.05. The monoisotopic (exact) mass is 382 g/mol. The van der Waals surface area contributed by atoms with Crippen LogP contribution in [0.2, 0.25) is 5.15 Å². The molecule has 2 aromatic rings. The normalized spacial score (nSPS) is 13.4. The molecule has 136 valence electrons. The van der Waals surface area contributed by atoms with Crippen LogP contribution in [0, 0.1) is 5.92 Å². The standard InChI is InChI=1S/C17H23ClN4O2S/c1-12(9-20-7-8-24-13(2)23)16(25-3)15-11-22(21-17(15)18)14-5-4-6-19-10-14/h4-6,10-12,16,20H,7-9H2,1-3H3. The largest absolute Gasteiger partial charge is 0.465 e. The van der Waals surface area contributed by atoms with Crippen molar-refractivity contribution in [3.63, 3.8) is 0 Å². The smallest absolute Gasteiger partial charge is 0.302 e. The van der Waals surface area contributed by atoms with E-state index in [0.717, 1.165) is 17.8 Å². The molecule has 2 atom stereocenters. The van der Waals surface area contributed by atoms with Gasteiger partial charge >= 0.3 is 5.97 Å². The SMILES string of the molecule is CSC(c1cn(-c2cccnc2)nc1Cl)C(C)CNCCOC(C)=O. The molecule has 0 radical (unpaired) electrons. The Morgan fingerprint density at radius 1 is 1.52 bits per heavy atom. The fraction of sp³-hybridized carbons (Fsp3) is 0.471. The van der Waals surface area contributed by atoms with Crippen LogP contribution >= 0.6 is 23.4 Å². The van der Waals surface area contributed by atoms with E-state index in [0.29, 0.717) is 24.2 Å². The molecule has 2 unspecified atom stereocenters. The molecule has 0 aliphatic heterocycles. The number of ether oxygens (including phenoxy) is 1. The molecule has 0 bridgehead atoms. The number of hydrogen-bond donors (Lipinski definition) is 1. The van der Waals surface area contributed by atoms with Crippen molar-refractivity contribution >= 4 is 29.3 Å². The van der Waals surface area contributed by atoms with Crippen molar-refractivity contribution in [1.82, 2.24) is 20.1 Å². The summed E-state index contributed by atoms with van der Waals surface area (Å²) in [6, 6.07) is 3.81. The van der Waals surface area contributed by atoms with Crippen LogP contribution in [-0.2, 0) is 9.53 Å². The maximum atomic E-state index is 10.8. The number of nitrogens with one attached hydrogen (secondary N) is 1. The molecule has 0 spiro atoms. The first-order valence-electron chi connectivity index (χ1n) is 8.05. The van der Waals surface area contributed by atoms with Gasteiger partial charge in [0.25, 0.3) is 0 Å². The van der Waals surface area contributed by atoms with Gasteiger partial charge in [0, 0.05) is 36.7 Å². The van der Waals surface area contributed by atoms with E-state index in [1.165, 1.54) is 6.92 Å². The Morgan fingerprint density at radius 3 is 2.96 bits per heavy atom. The summed E-state index contributed by atoms with van der Waals surface area (Å²) >= 11 is 8.13. The Bertz CT molecular complexity index is 681. The number of aromatic nitrogens is 3. The minimum atomic E-state index is -0.258. The van der Waals surface area contributed by atoms with Gasteiger partial charge in [-0.1, -0.05) is 18.5 Å². The third-order valence-corrected chi connectivity index (χ3v) is 5.25. The molecule has 0 aromatic carbocycles. The zero-order valence-electron chi connectivity index (χ0n) is 14.6. The number of nitrogens with zero attached hydrogens (tertiary/aromatic N) is 3. The van der Waals surface area contributed by atoms with Crippen LogP contribution in [0.4, 0.5) is 0 Å². The van der Waals surface area contributed by atoms with E-state index < -0.39 is 0 Å². The number of hydrogen-bond acceptors (Lipinski definition) is 6. The molecule has 2 aromatic heterocycles. The molecule has 0 aliphatic rings. The van der Waals surface area contributed by atoms with Gasteiger partial charge in [-0.3, -0.25) is 9.78 Å². The highest BCUT2D eigenvalue weighted by Gasteiger charge is 2.23. The number of carbonyl (C=O) groups excluding carboxylic acids is 1. The van der Waals surface area contributed by atoms with Crippen molar-refractivity contribution in [3.05, 3.63) is 41.4 Å². The summed E-state index contributed by atoms with van der Waals surface area (Å²) in [5.74, 6) is 0.0720. The highest BCUT2D eigenvalue weighted by molar-refractivity contribution is 7.98. The molecule has 25 heavy (non-hydrogen) atoms. The third-order valence-electron chi connectivity index (χ3n) is 3.73. The van der Waals surface area contributed by atoms with Gasteiger partial charge in [-0.2, -0.15) is 16.9 Å². The Hall–Kier alpha value is -1.57. The maximum Gasteiger partial charge on any atom is 0.302 e. The van der Waals surface area contributed by atoms with Crippen LogP contribution in [0.3, 0.4) is 0 Å². The minimum absolute atomic E-state index is 0.208. The van der Waals surface area contributed by atoms with Crippen LogP contribution in [0.1, 0.15) is 24.7 Å². The summed E-state index contributed by atoms with van der Waals surface area (Å²) in [5.41, 5.74) is 1.88. The van der Waals surface area contributed by atoms with Gasteiger partial charge < -0.3 is 10.1 Å². The summed E-state index contributed by atoms with van der Waals surface area (Å²) in [6.07, 6.45) is 7.51. The van der Waals surface area contributed by atoms with E-state index in [-0.39, 0.29) is 11.2 Å². The van der Waals surface area contributed by atoms with E-state index in [1.54, 1.807) is 28.8 Å². The van der Waals surface area contributed by atoms with Crippen molar-refractivity contribution in [3.8, 4) is 5.69 Å². The fourth-order valence-corrected chi connectivity index (χ4v) is 3.85. The molecule has 2 rings (SSSR count). The minimum Gasteiger partial charge on any atom is -0.465 e. The Morgan fingerprint density at radius 2 is 2.32 bits per heavy atom. The Balaban J connectivity index is 2.00. The van der Waals surface area contributed by atoms with Crippen LogP contribution < -0.4 is 5.32 Å². The van der Waals surface area contributed by atoms with Gasteiger partial charge in [0.1, 0.15) is 6.61 Å². The molecule has 8 heteroatoms. The van der Waals surface area contributed by atoms with Gasteiger partial charge in [0.2, 0.25) is 0 Å². The molecule has 1 N–H and O–H groups in total. The third kappa shape index (κ3) is 5.73. The predicted molar refractivity (Wildman–Crippen MR) is 101 cm³/mol. The van der Waals surface area contributed by atoms with E-state index in [2.05, 4.69) is 28.6 Å². The lowest BCUT2D eigenvalue weighted by molar-refractivity contribution is -0.140. The number of halogens is 1. The fourth-order valence-electron chi connectivity index (χ4n) is 2.55. The molecular weight excluding hydrogens is 360 g/mol. The first-order valence-corrected chi connectivity index (χ1v) is 9.71. The van der Waals surface area contributed by atoms with Crippen LogP contribution in [0.25, 0.3) is 5.69 Å². The predicted octanol–water partition coefficient (Wildman–Crippen LogP) is 3.11. The van der Waals surface area contributed by atoms with Gasteiger partial charge in [0.15, 0.2) is 5.15 Å². The molecule has 2 heterocycles. The molecule has 0 saturated heterocycles. The van der Waals surface area contributed by atoms with Crippen molar-refractivity contribution in [2.75, 3.05) is 26.0 Å². The molecule has 0 aliphatic carbocycles. The zero-order chi connectivity index (χ0) is 18.2. The van der Waals surface area contributed by atoms with Crippen molar-refractivity contribution in [1.29, 1.82) is 0 Å². The first-order chi connectivity index (χ1) is 12.0. The van der Waals surface area contributed by atoms with Gasteiger partial charge in [-0.15, -0.1) is 0 Å². The van der Waals surface area contributed by atoms with E-state index >= 15 is 0 Å². The molecule has 0 amide bonds.